The monoisotopic (exact) mass is 345 g/mol. The minimum Gasteiger partial charge on any atom is -0.345 e. The molecule has 0 aliphatic carbocycles. The summed E-state index contributed by atoms with van der Waals surface area (Å²) < 4.78 is 1.75. The highest BCUT2D eigenvalue weighted by molar-refractivity contribution is 7.12. The fourth-order valence-corrected chi connectivity index (χ4v) is 3.24. The minimum atomic E-state index is -0.0592. The van der Waals surface area contributed by atoms with E-state index in [1.165, 1.54) is 11.3 Å². The molecule has 2 heterocycles. The zero-order valence-corrected chi connectivity index (χ0v) is 14.1. The van der Waals surface area contributed by atoms with Crippen molar-refractivity contribution in [3.63, 3.8) is 0 Å². The fraction of sp³-hybridized carbons (Fsp3) is 0.176. The Hall–Kier alpha value is -2.11. The van der Waals surface area contributed by atoms with Gasteiger partial charge in [-0.3, -0.25) is 9.48 Å². The van der Waals surface area contributed by atoms with Crippen molar-refractivity contribution in [1.82, 2.24) is 15.1 Å². The molecular formula is C17H16ClN3OS. The number of benzene rings is 1. The van der Waals surface area contributed by atoms with E-state index in [1.54, 1.807) is 17.1 Å². The van der Waals surface area contributed by atoms with Crippen molar-refractivity contribution in [2.45, 2.75) is 19.5 Å². The number of nitrogens with one attached hydrogen (secondary N) is 1. The first-order valence-corrected chi connectivity index (χ1v) is 8.49. The number of rotatable bonds is 5. The highest BCUT2D eigenvalue weighted by atomic mass is 35.5. The number of aromatic nitrogens is 2. The van der Waals surface area contributed by atoms with Crippen molar-refractivity contribution < 1.29 is 4.79 Å². The van der Waals surface area contributed by atoms with Gasteiger partial charge in [0, 0.05) is 6.20 Å². The Balaban J connectivity index is 1.64. The average molecular weight is 346 g/mol. The summed E-state index contributed by atoms with van der Waals surface area (Å²) in [7, 11) is 0. The number of hydrogen-bond donors (Lipinski definition) is 1. The second kappa shape index (κ2) is 6.98. The molecule has 0 saturated heterocycles. The molecule has 0 bridgehead atoms. The van der Waals surface area contributed by atoms with E-state index < -0.39 is 0 Å². The molecule has 1 unspecified atom stereocenters. The lowest BCUT2D eigenvalue weighted by atomic mass is 10.1. The largest absolute Gasteiger partial charge is 0.345 e. The molecular weight excluding hydrogens is 330 g/mol. The van der Waals surface area contributed by atoms with Crippen molar-refractivity contribution in [1.29, 1.82) is 0 Å². The summed E-state index contributed by atoms with van der Waals surface area (Å²) in [5, 5.41) is 9.74. The first-order valence-electron chi connectivity index (χ1n) is 7.23. The molecule has 6 heteroatoms. The van der Waals surface area contributed by atoms with Gasteiger partial charge in [-0.15, -0.1) is 11.3 Å². The van der Waals surface area contributed by atoms with Gasteiger partial charge in [0.25, 0.3) is 5.91 Å². The second-order valence-corrected chi connectivity index (χ2v) is 6.63. The molecule has 0 fully saturated rings. The van der Waals surface area contributed by atoms with E-state index in [-0.39, 0.29) is 11.9 Å². The Bertz CT molecular complexity index is 797. The lowest BCUT2D eigenvalue weighted by Crippen LogP contribution is -2.25. The van der Waals surface area contributed by atoms with Crippen LogP contribution in [0.4, 0.5) is 0 Å². The summed E-state index contributed by atoms with van der Waals surface area (Å²) in [6.45, 7) is 2.58. The number of amides is 1. The van der Waals surface area contributed by atoms with Gasteiger partial charge >= 0.3 is 0 Å². The van der Waals surface area contributed by atoms with Crippen LogP contribution in [0.2, 0.25) is 5.02 Å². The maximum atomic E-state index is 12.4. The SMILES string of the molecule is CC(NC(=O)c1cc(Cn2cc(Cl)cn2)cs1)c1ccccc1. The number of halogens is 1. The number of nitrogens with zero attached hydrogens (tertiary/aromatic N) is 2. The van der Waals surface area contributed by atoms with Crippen LogP contribution in [-0.4, -0.2) is 15.7 Å². The zero-order chi connectivity index (χ0) is 16.2. The van der Waals surface area contributed by atoms with Gasteiger partial charge in [-0.05, 0) is 29.5 Å². The first-order chi connectivity index (χ1) is 11.1. The third-order valence-electron chi connectivity index (χ3n) is 3.47. The normalized spacial score (nSPS) is 12.1. The standard InChI is InChI=1S/C17H16ClN3OS/c1-12(14-5-3-2-4-6-14)20-17(22)16-7-13(11-23-16)9-21-10-15(18)8-19-21/h2-8,10-12H,9H2,1H3,(H,20,22). The molecule has 4 nitrogen and oxygen atoms in total. The molecule has 3 aromatic rings. The van der Waals surface area contributed by atoms with Crippen molar-refractivity contribution in [3.05, 3.63) is 75.2 Å². The molecule has 1 amide bonds. The third-order valence-corrected chi connectivity index (χ3v) is 4.64. The minimum absolute atomic E-state index is 0.0285. The highest BCUT2D eigenvalue weighted by Gasteiger charge is 2.13. The maximum Gasteiger partial charge on any atom is 0.261 e. The van der Waals surface area contributed by atoms with E-state index >= 15 is 0 Å². The Labute approximate surface area is 143 Å². The summed E-state index contributed by atoms with van der Waals surface area (Å²) in [5.41, 5.74) is 2.12. The molecule has 0 saturated carbocycles. The van der Waals surface area contributed by atoms with Gasteiger partial charge < -0.3 is 5.32 Å². The van der Waals surface area contributed by atoms with Crippen LogP contribution >= 0.6 is 22.9 Å². The lowest BCUT2D eigenvalue weighted by molar-refractivity contribution is 0.0944. The van der Waals surface area contributed by atoms with Gasteiger partial charge in [-0.25, -0.2) is 0 Å². The first kappa shape index (κ1) is 15.8. The Morgan fingerprint density at radius 1 is 1.39 bits per heavy atom. The van der Waals surface area contributed by atoms with Gasteiger partial charge in [-0.1, -0.05) is 41.9 Å². The van der Waals surface area contributed by atoms with E-state index in [4.69, 9.17) is 11.6 Å². The van der Waals surface area contributed by atoms with Crippen LogP contribution in [0.15, 0.2) is 54.2 Å². The summed E-state index contributed by atoms with van der Waals surface area (Å²) in [4.78, 5) is 13.0. The van der Waals surface area contributed by atoms with Crippen LogP contribution in [0.25, 0.3) is 0 Å². The van der Waals surface area contributed by atoms with E-state index in [1.807, 2.05) is 48.7 Å². The lowest BCUT2D eigenvalue weighted by Gasteiger charge is -2.13. The molecule has 118 valence electrons. The van der Waals surface area contributed by atoms with E-state index in [0.29, 0.717) is 16.4 Å². The van der Waals surface area contributed by atoms with Crippen molar-refractivity contribution in [2.75, 3.05) is 0 Å². The topological polar surface area (TPSA) is 46.9 Å². The van der Waals surface area contributed by atoms with Gasteiger partial charge in [0.2, 0.25) is 0 Å². The maximum absolute atomic E-state index is 12.4. The molecule has 0 aliphatic rings. The molecule has 23 heavy (non-hydrogen) atoms. The molecule has 1 atom stereocenters. The van der Waals surface area contributed by atoms with E-state index in [0.717, 1.165) is 11.1 Å². The van der Waals surface area contributed by atoms with Crippen molar-refractivity contribution in [2.24, 2.45) is 0 Å². The van der Waals surface area contributed by atoms with Crippen molar-refractivity contribution in [3.8, 4) is 0 Å². The fourth-order valence-electron chi connectivity index (χ4n) is 2.28. The predicted molar refractivity (Wildman–Crippen MR) is 93.0 cm³/mol. The summed E-state index contributed by atoms with van der Waals surface area (Å²) in [6.07, 6.45) is 3.36. The summed E-state index contributed by atoms with van der Waals surface area (Å²) >= 11 is 7.29. The van der Waals surface area contributed by atoms with Crippen LogP contribution in [0.5, 0.6) is 0 Å². The predicted octanol–water partition coefficient (Wildman–Crippen LogP) is 4.14. The highest BCUT2D eigenvalue weighted by Crippen LogP contribution is 2.18. The molecule has 0 radical (unpaired) electrons. The quantitative estimate of drug-likeness (QED) is 0.755. The smallest absolute Gasteiger partial charge is 0.261 e. The van der Waals surface area contributed by atoms with Crippen LogP contribution in [0.1, 0.15) is 33.8 Å². The summed E-state index contributed by atoms with van der Waals surface area (Å²) in [6, 6.07) is 11.8. The van der Waals surface area contributed by atoms with Crippen LogP contribution in [0, 0.1) is 0 Å². The van der Waals surface area contributed by atoms with Crippen molar-refractivity contribution >= 4 is 28.8 Å². The Morgan fingerprint density at radius 2 is 2.17 bits per heavy atom. The van der Waals surface area contributed by atoms with E-state index in [2.05, 4.69) is 10.4 Å². The molecule has 1 aromatic carbocycles. The number of carbonyl (C=O) groups is 1. The van der Waals surface area contributed by atoms with Gasteiger partial charge in [0.1, 0.15) is 0 Å². The number of thiophene rings is 1. The van der Waals surface area contributed by atoms with Crippen LogP contribution in [-0.2, 0) is 6.54 Å². The summed E-state index contributed by atoms with van der Waals surface area (Å²) in [5.74, 6) is -0.0592. The molecule has 3 rings (SSSR count). The second-order valence-electron chi connectivity index (χ2n) is 5.28. The number of hydrogen-bond acceptors (Lipinski definition) is 3. The van der Waals surface area contributed by atoms with Gasteiger partial charge in [0.15, 0.2) is 0 Å². The average Bonchev–Trinajstić information content (AvgIpc) is 3.18. The van der Waals surface area contributed by atoms with Crippen LogP contribution < -0.4 is 5.32 Å². The Kier molecular flexibility index (Phi) is 4.79. The molecule has 0 aliphatic heterocycles. The van der Waals surface area contributed by atoms with Gasteiger partial charge in [0.05, 0.1) is 28.7 Å². The molecule has 2 aromatic heterocycles. The zero-order valence-electron chi connectivity index (χ0n) is 12.6. The third kappa shape index (κ3) is 4.00. The number of carbonyl (C=O) groups excluding carboxylic acids is 1. The molecule has 1 N–H and O–H groups in total. The van der Waals surface area contributed by atoms with Gasteiger partial charge in [-0.2, -0.15) is 5.10 Å². The molecule has 0 spiro atoms. The Morgan fingerprint density at radius 3 is 2.87 bits per heavy atom. The van der Waals surface area contributed by atoms with E-state index in [9.17, 15) is 4.79 Å². The van der Waals surface area contributed by atoms with Crippen LogP contribution in [0.3, 0.4) is 0 Å².